The third-order valence-corrected chi connectivity index (χ3v) is 3.51. The Bertz CT molecular complexity index is 433. The standard InChI is InChI=1S/C12H12FNO2S/c13-10-3-1-9(2-4-10)11(15)5-6-14-7-8-17-12(14)16/h1-4H,5-8H2. The second-order valence-electron chi connectivity index (χ2n) is 3.78. The summed E-state index contributed by atoms with van der Waals surface area (Å²) in [5.74, 6) is 0.381. The zero-order valence-electron chi connectivity index (χ0n) is 9.19. The lowest BCUT2D eigenvalue weighted by Crippen LogP contribution is -2.26. The fourth-order valence-corrected chi connectivity index (χ4v) is 2.50. The quantitative estimate of drug-likeness (QED) is 0.774. The molecular formula is C12H12FNO2S. The van der Waals surface area contributed by atoms with Gasteiger partial charge in [0, 0.05) is 30.8 Å². The maximum atomic E-state index is 12.7. The van der Waals surface area contributed by atoms with Gasteiger partial charge in [-0.25, -0.2) is 4.39 Å². The van der Waals surface area contributed by atoms with Crippen molar-refractivity contribution in [2.24, 2.45) is 0 Å². The number of rotatable bonds is 4. The molecule has 17 heavy (non-hydrogen) atoms. The van der Waals surface area contributed by atoms with E-state index in [-0.39, 0.29) is 23.3 Å². The number of hydrogen-bond donors (Lipinski definition) is 0. The van der Waals surface area contributed by atoms with Crippen LogP contribution in [0.15, 0.2) is 24.3 Å². The molecule has 0 N–H and O–H groups in total. The van der Waals surface area contributed by atoms with E-state index < -0.39 is 0 Å². The Balaban J connectivity index is 1.89. The highest BCUT2D eigenvalue weighted by Crippen LogP contribution is 2.17. The minimum absolute atomic E-state index is 0.0388. The zero-order valence-corrected chi connectivity index (χ0v) is 10.0. The lowest BCUT2D eigenvalue weighted by Gasteiger charge is -2.13. The third kappa shape index (κ3) is 3.06. The van der Waals surface area contributed by atoms with E-state index in [4.69, 9.17) is 0 Å². The van der Waals surface area contributed by atoms with Crippen molar-refractivity contribution < 1.29 is 14.0 Å². The summed E-state index contributed by atoms with van der Waals surface area (Å²) in [6, 6.07) is 5.48. The number of nitrogens with zero attached hydrogens (tertiary/aromatic N) is 1. The van der Waals surface area contributed by atoms with Gasteiger partial charge in [-0.3, -0.25) is 9.59 Å². The second-order valence-corrected chi connectivity index (χ2v) is 4.83. The summed E-state index contributed by atoms with van der Waals surface area (Å²) in [5, 5.41) is 0.0388. The van der Waals surface area contributed by atoms with E-state index >= 15 is 0 Å². The van der Waals surface area contributed by atoms with Crippen molar-refractivity contribution in [1.29, 1.82) is 0 Å². The first-order valence-electron chi connectivity index (χ1n) is 5.37. The summed E-state index contributed by atoms with van der Waals surface area (Å²) >= 11 is 1.28. The molecule has 0 aromatic heterocycles. The molecule has 0 spiro atoms. The Labute approximate surface area is 103 Å². The van der Waals surface area contributed by atoms with E-state index in [1.807, 2.05) is 0 Å². The monoisotopic (exact) mass is 253 g/mol. The van der Waals surface area contributed by atoms with E-state index in [0.29, 0.717) is 18.7 Å². The molecule has 1 aromatic carbocycles. The van der Waals surface area contributed by atoms with Crippen LogP contribution in [0.2, 0.25) is 0 Å². The number of halogens is 1. The van der Waals surface area contributed by atoms with Crippen molar-refractivity contribution in [2.45, 2.75) is 6.42 Å². The molecule has 90 valence electrons. The van der Waals surface area contributed by atoms with Gasteiger partial charge in [0.1, 0.15) is 5.82 Å². The van der Waals surface area contributed by atoms with Gasteiger partial charge in [-0.2, -0.15) is 0 Å². The summed E-state index contributed by atoms with van der Waals surface area (Å²) < 4.78 is 12.7. The van der Waals surface area contributed by atoms with Crippen LogP contribution in [0.4, 0.5) is 9.18 Å². The van der Waals surface area contributed by atoms with Crippen LogP contribution in [0.5, 0.6) is 0 Å². The Kier molecular flexibility index (Phi) is 3.78. The molecule has 1 heterocycles. The van der Waals surface area contributed by atoms with E-state index in [2.05, 4.69) is 0 Å². The predicted molar refractivity (Wildman–Crippen MR) is 64.8 cm³/mol. The maximum absolute atomic E-state index is 12.7. The van der Waals surface area contributed by atoms with Gasteiger partial charge in [0.2, 0.25) is 0 Å². The third-order valence-electron chi connectivity index (χ3n) is 2.62. The number of Topliss-reactive ketones (excluding diaryl/α,β-unsaturated/α-hetero) is 1. The first-order chi connectivity index (χ1) is 8.16. The lowest BCUT2D eigenvalue weighted by atomic mass is 10.1. The highest BCUT2D eigenvalue weighted by Gasteiger charge is 2.21. The molecule has 1 fully saturated rings. The summed E-state index contributed by atoms with van der Waals surface area (Å²) in [6.45, 7) is 1.16. The number of carbonyl (C=O) groups excluding carboxylic acids is 2. The molecule has 3 nitrogen and oxygen atoms in total. The molecule has 0 radical (unpaired) electrons. The first-order valence-corrected chi connectivity index (χ1v) is 6.36. The van der Waals surface area contributed by atoms with Crippen molar-refractivity contribution in [2.75, 3.05) is 18.8 Å². The van der Waals surface area contributed by atoms with Gasteiger partial charge in [0.05, 0.1) is 0 Å². The Morgan fingerprint density at radius 3 is 2.65 bits per heavy atom. The van der Waals surface area contributed by atoms with Gasteiger partial charge < -0.3 is 4.90 Å². The van der Waals surface area contributed by atoms with Crippen molar-refractivity contribution in [3.8, 4) is 0 Å². The molecule has 0 unspecified atom stereocenters. The van der Waals surface area contributed by atoms with E-state index in [1.54, 1.807) is 4.90 Å². The summed E-state index contributed by atoms with van der Waals surface area (Å²) in [4.78, 5) is 24.7. The van der Waals surface area contributed by atoms with Crippen molar-refractivity contribution in [1.82, 2.24) is 4.90 Å². The lowest BCUT2D eigenvalue weighted by molar-refractivity contribution is 0.0973. The summed E-state index contributed by atoms with van der Waals surface area (Å²) in [7, 11) is 0. The minimum Gasteiger partial charge on any atom is -0.332 e. The van der Waals surface area contributed by atoms with Crippen molar-refractivity contribution >= 4 is 22.8 Å². The fraction of sp³-hybridized carbons (Fsp3) is 0.333. The summed E-state index contributed by atoms with van der Waals surface area (Å²) in [6.07, 6.45) is 0.290. The van der Waals surface area contributed by atoms with Crippen LogP contribution in [-0.2, 0) is 0 Å². The molecule has 0 atom stereocenters. The van der Waals surface area contributed by atoms with Crippen molar-refractivity contribution in [3.05, 3.63) is 35.6 Å². The molecule has 1 aromatic rings. The van der Waals surface area contributed by atoms with Crippen molar-refractivity contribution in [3.63, 3.8) is 0 Å². The number of hydrogen-bond acceptors (Lipinski definition) is 3. The Morgan fingerprint density at radius 2 is 2.06 bits per heavy atom. The maximum Gasteiger partial charge on any atom is 0.281 e. The molecule has 2 rings (SSSR count). The highest BCUT2D eigenvalue weighted by molar-refractivity contribution is 8.13. The Morgan fingerprint density at radius 1 is 1.35 bits per heavy atom. The molecule has 0 saturated carbocycles. The SMILES string of the molecule is O=C(CCN1CCSC1=O)c1ccc(F)cc1. The number of benzene rings is 1. The van der Waals surface area contributed by atoms with Crippen LogP contribution in [-0.4, -0.2) is 34.8 Å². The number of thioether (sulfide) groups is 1. The average molecular weight is 253 g/mol. The van der Waals surface area contributed by atoms with Crippen LogP contribution >= 0.6 is 11.8 Å². The Hall–Kier alpha value is -1.36. The van der Waals surface area contributed by atoms with E-state index in [9.17, 15) is 14.0 Å². The summed E-state index contributed by atoms with van der Waals surface area (Å²) in [5.41, 5.74) is 0.491. The number of carbonyl (C=O) groups is 2. The average Bonchev–Trinajstić information content (AvgIpc) is 2.73. The van der Waals surface area contributed by atoms with Crippen LogP contribution < -0.4 is 0 Å². The van der Waals surface area contributed by atoms with Gasteiger partial charge in [0.15, 0.2) is 5.78 Å². The van der Waals surface area contributed by atoms with Crippen LogP contribution in [0.1, 0.15) is 16.8 Å². The van der Waals surface area contributed by atoms with Gasteiger partial charge in [-0.05, 0) is 24.3 Å². The molecule has 1 saturated heterocycles. The molecule has 1 amide bonds. The highest BCUT2D eigenvalue weighted by atomic mass is 32.2. The van der Waals surface area contributed by atoms with E-state index in [0.717, 1.165) is 5.75 Å². The fourth-order valence-electron chi connectivity index (χ4n) is 1.65. The minimum atomic E-state index is -0.354. The molecular weight excluding hydrogens is 241 g/mol. The zero-order chi connectivity index (χ0) is 12.3. The molecule has 5 heteroatoms. The molecule has 1 aliphatic rings. The normalized spacial score (nSPS) is 15.4. The topological polar surface area (TPSA) is 37.4 Å². The van der Waals surface area contributed by atoms with Gasteiger partial charge in [-0.1, -0.05) is 11.8 Å². The largest absolute Gasteiger partial charge is 0.332 e. The number of ketones is 1. The molecule has 0 aliphatic carbocycles. The second kappa shape index (κ2) is 5.31. The molecule has 0 bridgehead atoms. The van der Waals surface area contributed by atoms with Crippen LogP contribution in [0.25, 0.3) is 0 Å². The van der Waals surface area contributed by atoms with Crippen LogP contribution in [0.3, 0.4) is 0 Å². The first kappa shape index (κ1) is 12.1. The smallest absolute Gasteiger partial charge is 0.281 e. The van der Waals surface area contributed by atoms with Gasteiger partial charge >= 0.3 is 0 Å². The van der Waals surface area contributed by atoms with E-state index in [1.165, 1.54) is 36.0 Å². The molecule has 1 aliphatic heterocycles. The van der Waals surface area contributed by atoms with Gasteiger partial charge in [-0.15, -0.1) is 0 Å². The van der Waals surface area contributed by atoms with Crippen LogP contribution in [0, 0.1) is 5.82 Å². The predicted octanol–water partition coefficient (Wildman–Crippen LogP) is 2.57. The number of amides is 1. The van der Waals surface area contributed by atoms with Gasteiger partial charge in [0.25, 0.3) is 5.24 Å².